The van der Waals surface area contributed by atoms with Crippen molar-refractivity contribution in [2.75, 3.05) is 7.05 Å². The van der Waals surface area contributed by atoms with E-state index in [4.69, 9.17) is 0 Å². The highest BCUT2D eigenvalue weighted by Gasteiger charge is 2.59. The van der Waals surface area contributed by atoms with Crippen LogP contribution >= 0.6 is 0 Å². The highest BCUT2D eigenvalue weighted by atomic mass is 19.4. The number of hydrogen-bond acceptors (Lipinski definition) is 3. The molecule has 0 saturated carbocycles. The van der Waals surface area contributed by atoms with Gasteiger partial charge < -0.3 is 10.6 Å². The summed E-state index contributed by atoms with van der Waals surface area (Å²) in [6, 6.07) is 0. The van der Waals surface area contributed by atoms with Gasteiger partial charge in [-0.05, 0) is 0 Å². The van der Waals surface area contributed by atoms with E-state index in [1.807, 2.05) is 10.6 Å². The first-order valence-corrected chi connectivity index (χ1v) is 3.70. The molecule has 0 saturated heterocycles. The van der Waals surface area contributed by atoms with Gasteiger partial charge in [0.05, 0.1) is 0 Å². The molecular weight excluding hydrogens is 199 g/mol. The van der Waals surface area contributed by atoms with Gasteiger partial charge in [-0.25, -0.2) is 0 Å². The Morgan fingerprint density at radius 2 is 2.21 bits per heavy atom. The van der Waals surface area contributed by atoms with Crippen LogP contribution in [0.1, 0.15) is 0 Å². The lowest BCUT2D eigenvalue weighted by molar-refractivity contribution is -0.179. The molecule has 0 fully saturated rings. The van der Waals surface area contributed by atoms with Gasteiger partial charge in [0.15, 0.2) is 0 Å². The number of amides is 1. The number of rotatable bonds is 1. The third-order valence-electron chi connectivity index (χ3n) is 1.77. The molecule has 1 atom stereocenters. The molecule has 1 unspecified atom stereocenters. The summed E-state index contributed by atoms with van der Waals surface area (Å²) in [5, 5.41) is 3.89. The van der Waals surface area contributed by atoms with Crippen LogP contribution in [0.2, 0.25) is 0 Å². The zero-order chi connectivity index (χ0) is 10.8. The second kappa shape index (κ2) is 3.32. The average molecular weight is 207 g/mol. The van der Waals surface area contributed by atoms with Crippen LogP contribution < -0.4 is 10.6 Å². The summed E-state index contributed by atoms with van der Waals surface area (Å²) < 4.78 is 37.8. The molecule has 7 heteroatoms. The Balaban J connectivity index is 3.10. The molecule has 0 aliphatic carbocycles. The monoisotopic (exact) mass is 207 g/mol. The van der Waals surface area contributed by atoms with Gasteiger partial charge >= 0.3 is 6.18 Å². The molecule has 1 aliphatic heterocycles. The number of hydrogen-bond donors (Lipinski definition) is 2. The first-order chi connectivity index (χ1) is 6.44. The van der Waals surface area contributed by atoms with Crippen LogP contribution in [-0.2, 0) is 4.79 Å². The summed E-state index contributed by atoms with van der Waals surface area (Å²) in [6.45, 7) is 0. The Morgan fingerprint density at radius 1 is 1.57 bits per heavy atom. The number of carbonyl (C=O) groups is 1. The summed E-state index contributed by atoms with van der Waals surface area (Å²) in [4.78, 5) is 14.4. The van der Waals surface area contributed by atoms with Crippen molar-refractivity contribution in [2.45, 2.75) is 11.7 Å². The maximum absolute atomic E-state index is 12.6. The lowest BCUT2D eigenvalue weighted by atomic mass is 9.99. The van der Waals surface area contributed by atoms with E-state index in [1.165, 1.54) is 0 Å². The maximum atomic E-state index is 12.6. The molecule has 1 rings (SSSR count). The van der Waals surface area contributed by atoms with Gasteiger partial charge in [-0.2, -0.15) is 13.2 Å². The summed E-state index contributed by atoms with van der Waals surface area (Å²) in [5.41, 5.74) is -2.75. The minimum atomic E-state index is -4.73. The molecule has 0 radical (unpaired) electrons. The van der Waals surface area contributed by atoms with E-state index in [9.17, 15) is 18.0 Å². The van der Waals surface area contributed by atoms with Crippen LogP contribution in [0, 0.1) is 0 Å². The summed E-state index contributed by atoms with van der Waals surface area (Å²) in [5.74, 6) is -1.20. The van der Waals surface area contributed by atoms with Crippen molar-refractivity contribution in [1.29, 1.82) is 0 Å². The molecule has 1 aliphatic rings. The number of aliphatic imine (C=N–C) groups is 1. The number of nitrogens with one attached hydrogen (secondary N) is 2. The van der Waals surface area contributed by atoms with Crippen molar-refractivity contribution >= 4 is 12.1 Å². The molecular formula is C7H8F3N3O. The quantitative estimate of drug-likeness (QED) is 0.644. The second-order valence-corrected chi connectivity index (χ2v) is 2.62. The molecule has 4 nitrogen and oxygen atoms in total. The number of nitrogens with zero attached hydrogens (tertiary/aromatic N) is 1. The van der Waals surface area contributed by atoms with Gasteiger partial charge in [0.2, 0.25) is 5.54 Å². The van der Waals surface area contributed by atoms with Crippen LogP contribution in [0.3, 0.4) is 0 Å². The number of alkyl halides is 3. The maximum Gasteiger partial charge on any atom is 0.425 e. The number of carbonyl (C=O) groups excluding carboxylic acids is 1. The minimum Gasteiger partial charge on any atom is -0.364 e. The van der Waals surface area contributed by atoms with Crippen molar-refractivity contribution < 1.29 is 18.0 Å². The summed E-state index contributed by atoms with van der Waals surface area (Å²) >= 11 is 0. The molecule has 0 aromatic carbocycles. The zero-order valence-electron chi connectivity index (χ0n) is 7.22. The van der Waals surface area contributed by atoms with E-state index < -0.39 is 17.6 Å². The van der Waals surface area contributed by atoms with Crippen LogP contribution in [0.15, 0.2) is 17.4 Å². The molecule has 0 spiro atoms. The van der Waals surface area contributed by atoms with Crippen molar-refractivity contribution in [3.63, 3.8) is 0 Å². The van der Waals surface area contributed by atoms with Gasteiger partial charge in [0.25, 0.3) is 5.91 Å². The van der Waals surface area contributed by atoms with E-state index in [-0.39, 0.29) is 0 Å². The van der Waals surface area contributed by atoms with E-state index >= 15 is 0 Å². The zero-order valence-corrected chi connectivity index (χ0v) is 7.22. The van der Waals surface area contributed by atoms with Gasteiger partial charge in [0, 0.05) is 25.7 Å². The van der Waals surface area contributed by atoms with Gasteiger partial charge in [-0.15, -0.1) is 0 Å². The molecule has 14 heavy (non-hydrogen) atoms. The second-order valence-electron chi connectivity index (χ2n) is 2.62. The Kier molecular flexibility index (Phi) is 2.50. The van der Waals surface area contributed by atoms with Gasteiger partial charge in [-0.1, -0.05) is 0 Å². The normalized spacial score (nSPS) is 25.7. The molecule has 1 amide bonds. The van der Waals surface area contributed by atoms with Crippen LogP contribution in [0.25, 0.3) is 0 Å². The first kappa shape index (κ1) is 10.6. The first-order valence-electron chi connectivity index (χ1n) is 3.70. The third-order valence-corrected chi connectivity index (χ3v) is 1.77. The predicted molar refractivity (Wildman–Crippen MR) is 43.6 cm³/mol. The molecule has 78 valence electrons. The minimum absolute atomic E-state index is 0.534. The van der Waals surface area contributed by atoms with Crippen molar-refractivity contribution in [3.8, 4) is 0 Å². The lowest BCUT2D eigenvalue weighted by Crippen LogP contribution is -2.65. The summed E-state index contributed by atoms with van der Waals surface area (Å²) in [6.07, 6.45) is -2.09. The highest BCUT2D eigenvalue weighted by Crippen LogP contribution is 2.30. The Bertz CT molecular complexity index is 297. The highest BCUT2D eigenvalue weighted by molar-refractivity contribution is 6.04. The SMILES string of the molecule is CNC(=O)C1(C(F)(F)F)C=NC=CN1. The Hall–Kier alpha value is -1.53. The summed E-state index contributed by atoms with van der Waals surface area (Å²) in [7, 11) is 1.13. The Labute approximate surface area is 77.9 Å². The molecule has 2 N–H and O–H groups in total. The van der Waals surface area contributed by atoms with E-state index in [0.29, 0.717) is 6.21 Å². The fraction of sp³-hybridized carbons (Fsp3) is 0.429. The smallest absolute Gasteiger partial charge is 0.364 e. The predicted octanol–water partition coefficient (Wildman–Crippen LogP) is 0.179. The van der Waals surface area contributed by atoms with Crippen molar-refractivity contribution in [2.24, 2.45) is 4.99 Å². The molecule has 0 bridgehead atoms. The fourth-order valence-corrected chi connectivity index (χ4v) is 1.01. The standard InChI is InChI=1S/C7H8F3N3O/c1-11-5(14)6(7(8,9)10)4-12-2-3-13-6/h2-4,13H,1H3,(H,11,14). The van der Waals surface area contributed by atoms with Gasteiger partial charge in [0.1, 0.15) is 0 Å². The third kappa shape index (κ3) is 1.45. The largest absolute Gasteiger partial charge is 0.425 e. The Morgan fingerprint density at radius 3 is 2.57 bits per heavy atom. The van der Waals surface area contributed by atoms with Crippen molar-refractivity contribution in [1.82, 2.24) is 10.6 Å². The fourth-order valence-electron chi connectivity index (χ4n) is 1.01. The number of likely N-dealkylation sites (N-methyl/N-ethyl adjacent to an activating group) is 1. The van der Waals surface area contributed by atoms with Crippen LogP contribution in [0.4, 0.5) is 13.2 Å². The average Bonchev–Trinajstić information content (AvgIpc) is 2.16. The van der Waals surface area contributed by atoms with Crippen LogP contribution in [-0.4, -0.2) is 30.9 Å². The van der Waals surface area contributed by atoms with Crippen LogP contribution in [0.5, 0.6) is 0 Å². The molecule has 0 aromatic rings. The van der Waals surface area contributed by atoms with Crippen molar-refractivity contribution in [3.05, 3.63) is 12.4 Å². The van der Waals surface area contributed by atoms with E-state index in [2.05, 4.69) is 4.99 Å². The number of halogens is 3. The molecule has 0 aromatic heterocycles. The lowest BCUT2D eigenvalue weighted by Gasteiger charge is -2.31. The molecule has 1 heterocycles. The van der Waals surface area contributed by atoms with E-state index in [1.54, 1.807) is 0 Å². The topological polar surface area (TPSA) is 53.5 Å². The van der Waals surface area contributed by atoms with E-state index in [0.717, 1.165) is 19.4 Å². The van der Waals surface area contributed by atoms with Gasteiger partial charge in [-0.3, -0.25) is 9.79 Å².